The van der Waals surface area contributed by atoms with E-state index in [4.69, 9.17) is 0 Å². The number of rotatable bonds is 0. The number of nitrogens with zero attached hydrogens (tertiary/aromatic N) is 1. The summed E-state index contributed by atoms with van der Waals surface area (Å²) >= 11 is 2.30. The van der Waals surface area contributed by atoms with Gasteiger partial charge in [0.05, 0.1) is 22.9 Å². The minimum atomic E-state index is -2.85. The third-order valence-electron chi connectivity index (χ3n) is 3.59. The lowest BCUT2D eigenvalue weighted by atomic mass is 10.2. The second-order valence-corrected chi connectivity index (χ2v) is 8.31. The minimum absolute atomic E-state index is 0.123. The van der Waals surface area contributed by atoms with Crippen molar-refractivity contribution in [1.29, 1.82) is 0 Å². The zero-order valence-electron chi connectivity index (χ0n) is 9.89. The molecule has 0 aromatic heterocycles. The standard InChI is InChI=1S/C12H15IN2O2S/c13-9-1-2-12-11(7-9)14-4-3-10-8-18(16,17)6-5-15(10)12/h1-2,7,10,14H,3-6,8H2. The SMILES string of the molecule is O=S1(=O)CCN2c3ccc(I)cc3NCCC2C1. The molecule has 1 N–H and O–H groups in total. The first-order chi connectivity index (χ1) is 8.55. The highest BCUT2D eigenvalue weighted by molar-refractivity contribution is 14.1. The zero-order valence-corrected chi connectivity index (χ0v) is 12.9. The van der Waals surface area contributed by atoms with Crippen molar-refractivity contribution in [3.8, 4) is 0 Å². The Bertz CT molecular complexity index is 573. The summed E-state index contributed by atoms with van der Waals surface area (Å²) in [6.45, 7) is 1.45. The highest BCUT2D eigenvalue weighted by Crippen LogP contribution is 2.34. The van der Waals surface area contributed by atoms with Crippen molar-refractivity contribution in [3.63, 3.8) is 0 Å². The predicted octanol–water partition coefficient (Wildman–Crippen LogP) is 1.71. The first-order valence-electron chi connectivity index (χ1n) is 6.06. The Labute approximate surface area is 121 Å². The Morgan fingerprint density at radius 2 is 2.22 bits per heavy atom. The normalized spacial score (nSPS) is 25.6. The van der Waals surface area contributed by atoms with Crippen LogP contribution in [0.1, 0.15) is 6.42 Å². The summed E-state index contributed by atoms with van der Waals surface area (Å²) in [7, 11) is -2.85. The predicted molar refractivity (Wildman–Crippen MR) is 82.1 cm³/mol. The topological polar surface area (TPSA) is 49.4 Å². The van der Waals surface area contributed by atoms with Gasteiger partial charge in [0.2, 0.25) is 0 Å². The molecule has 2 heterocycles. The second-order valence-electron chi connectivity index (χ2n) is 4.84. The van der Waals surface area contributed by atoms with E-state index in [-0.39, 0.29) is 11.8 Å². The summed E-state index contributed by atoms with van der Waals surface area (Å²) in [6, 6.07) is 6.42. The van der Waals surface area contributed by atoms with E-state index in [1.165, 1.54) is 3.57 Å². The van der Waals surface area contributed by atoms with E-state index in [1.807, 2.05) is 0 Å². The van der Waals surface area contributed by atoms with E-state index in [2.05, 4.69) is 51.0 Å². The summed E-state index contributed by atoms with van der Waals surface area (Å²) in [4.78, 5) is 2.26. The number of hydrogen-bond acceptors (Lipinski definition) is 4. The largest absolute Gasteiger partial charge is 0.383 e. The molecule has 0 aliphatic carbocycles. The van der Waals surface area contributed by atoms with Crippen molar-refractivity contribution >= 4 is 43.8 Å². The fourth-order valence-corrected chi connectivity index (χ4v) is 4.78. The Kier molecular flexibility index (Phi) is 3.17. The quantitative estimate of drug-likeness (QED) is 0.699. The van der Waals surface area contributed by atoms with Crippen LogP contribution in [0, 0.1) is 3.57 Å². The van der Waals surface area contributed by atoms with E-state index in [1.54, 1.807) is 0 Å². The summed E-state index contributed by atoms with van der Waals surface area (Å²) in [6.07, 6.45) is 0.879. The van der Waals surface area contributed by atoms with Gasteiger partial charge in [-0.25, -0.2) is 8.42 Å². The molecule has 4 nitrogen and oxygen atoms in total. The van der Waals surface area contributed by atoms with E-state index < -0.39 is 9.84 Å². The highest BCUT2D eigenvalue weighted by atomic mass is 127. The second kappa shape index (κ2) is 4.56. The van der Waals surface area contributed by atoms with Crippen molar-refractivity contribution in [1.82, 2.24) is 0 Å². The lowest BCUT2D eigenvalue weighted by molar-refractivity contribution is 0.550. The molecule has 98 valence electrons. The maximum atomic E-state index is 11.7. The zero-order chi connectivity index (χ0) is 12.8. The van der Waals surface area contributed by atoms with E-state index in [9.17, 15) is 8.42 Å². The van der Waals surface area contributed by atoms with Crippen LogP contribution in [0.15, 0.2) is 18.2 Å². The highest BCUT2D eigenvalue weighted by Gasteiger charge is 2.33. The summed E-state index contributed by atoms with van der Waals surface area (Å²) in [5.41, 5.74) is 2.27. The van der Waals surface area contributed by atoms with Gasteiger partial charge in [0, 0.05) is 22.7 Å². The fraction of sp³-hybridized carbons (Fsp3) is 0.500. The van der Waals surface area contributed by atoms with Gasteiger partial charge in [-0.3, -0.25) is 0 Å². The monoisotopic (exact) mass is 378 g/mol. The summed E-state index contributed by atoms with van der Waals surface area (Å²) < 4.78 is 24.7. The number of sulfone groups is 1. The van der Waals surface area contributed by atoms with Crippen molar-refractivity contribution in [2.75, 3.05) is 34.8 Å². The first kappa shape index (κ1) is 12.5. The van der Waals surface area contributed by atoms with Gasteiger partial charge in [0.25, 0.3) is 0 Å². The average Bonchev–Trinajstić information content (AvgIpc) is 2.45. The van der Waals surface area contributed by atoms with Crippen LogP contribution in [0.2, 0.25) is 0 Å². The lowest BCUT2D eigenvalue weighted by Gasteiger charge is -2.36. The molecule has 0 spiro atoms. The average molecular weight is 378 g/mol. The van der Waals surface area contributed by atoms with Gasteiger partial charge in [0.15, 0.2) is 9.84 Å². The van der Waals surface area contributed by atoms with Crippen LogP contribution < -0.4 is 10.2 Å². The molecule has 0 radical (unpaired) electrons. The number of hydrogen-bond donors (Lipinski definition) is 1. The molecule has 2 aliphatic heterocycles. The van der Waals surface area contributed by atoms with Crippen LogP contribution >= 0.6 is 22.6 Å². The van der Waals surface area contributed by atoms with Gasteiger partial charge >= 0.3 is 0 Å². The molecule has 3 rings (SSSR count). The van der Waals surface area contributed by atoms with E-state index >= 15 is 0 Å². The van der Waals surface area contributed by atoms with Crippen LogP contribution in [-0.2, 0) is 9.84 Å². The van der Waals surface area contributed by atoms with Gasteiger partial charge < -0.3 is 10.2 Å². The van der Waals surface area contributed by atoms with Crippen molar-refractivity contribution < 1.29 is 8.42 Å². The van der Waals surface area contributed by atoms with Gasteiger partial charge in [-0.15, -0.1) is 0 Å². The van der Waals surface area contributed by atoms with Crippen molar-refractivity contribution in [3.05, 3.63) is 21.8 Å². The van der Waals surface area contributed by atoms with Gasteiger partial charge in [-0.2, -0.15) is 0 Å². The summed E-state index contributed by atoms with van der Waals surface area (Å²) in [5.74, 6) is 0.565. The maximum Gasteiger partial charge on any atom is 0.154 e. The number of benzene rings is 1. The molecule has 1 saturated heterocycles. The smallest absolute Gasteiger partial charge is 0.154 e. The van der Waals surface area contributed by atoms with E-state index in [0.717, 1.165) is 24.3 Å². The summed E-state index contributed by atoms with van der Waals surface area (Å²) in [5, 5.41) is 3.41. The first-order valence-corrected chi connectivity index (χ1v) is 8.96. The van der Waals surface area contributed by atoms with Crippen molar-refractivity contribution in [2.45, 2.75) is 12.5 Å². The molecule has 1 atom stereocenters. The number of halogens is 1. The Morgan fingerprint density at radius 1 is 1.39 bits per heavy atom. The van der Waals surface area contributed by atoms with Crippen molar-refractivity contribution in [2.24, 2.45) is 0 Å². The molecule has 2 aliphatic rings. The van der Waals surface area contributed by atoms with Crippen LogP contribution in [-0.4, -0.2) is 39.1 Å². The van der Waals surface area contributed by atoms with Crippen LogP contribution in [0.25, 0.3) is 0 Å². The van der Waals surface area contributed by atoms with Gasteiger partial charge in [-0.05, 0) is 47.2 Å². The molecule has 0 amide bonds. The maximum absolute atomic E-state index is 11.7. The number of fused-ring (bicyclic) bond motifs is 3. The number of anilines is 2. The molecule has 1 fully saturated rings. The molecule has 0 bridgehead atoms. The molecular formula is C12H15IN2O2S. The van der Waals surface area contributed by atoms with E-state index in [0.29, 0.717) is 12.3 Å². The Morgan fingerprint density at radius 3 is 3.06 bits per heavy atom. The third-order valence-corrected chi connectivity index (χ3v) is 5.96. The van der Waals surface area contributed by atoms with Crippen LogP contribution in [0.4, 0.5) is 11.4 Å². The molecule has 1 aromatic rings. The Balaban J connectivity index is 2.00. The molecule has 1 aromatic carbocycles. The number of nitrogens with one attached hydrogen (secondary N) is 1. The molecule has 1 unspecified atom stereocenters. The van der Waals surface area contributed by atoms with Gasteiger partial charge in [0.1, 0.15) is 0 Å². The minimum Gasteiger partial charge on any atom is -0.383 e. The fourth-order valence-electron chi connectivity index (χ4n) is 2.72. The van der Waals surface area contributed by atoms with Gasteiger partial charge in [-0.1, -0.05) is 0 Å². The molecule has 0 saturated carbocycles. The third kappa shape index (κ3) is 2.32. The molecule has 6 heteroatoms. The lowest BCUT2D eigenvalue weighted by Crippen LogP contribution is -2.48. The van der Waals surface area contributed by atoms with Crippen LogP contribution in [0.5, 0.6) is 0 Å². The molecular weight excluding hydrogens is 363 g/mol. The van der Waals surface area contributed by atoms with Crippen LogP contribution in [0.3, 0.4) is 0 Å². The molecule has 18 heavy (non-hydrogen) atoms. The Hall–Kier alpha value is -0.500.